The van der Waals surface area contributed by atoms with E-state index < -0.39 is 0 Å². The fraction of sp³-hybridized carbons (Fsp3) is 0.840. The minimum absolute atomic E-state index is 1.02. The summed E-state index contributed by atoms with van der Waals surface area (Å²) in [4.78, 5) is 0. The van der Waals surface area contributed by atoms with Crippen molar-refractivity contribution in [1.29, 1.82) is 0 Å². The quantitative estimate of drug-likeness (QED) is 0.431. The average molecular weight is 331 g/mol. The minimum Gasteiger partial charge on any atom is -0.0848 e. The molecular weight excluding hydrogens is 300 g/mol. The Bertz CT molecular complexity index is 683. The third-order valence-electron chi connectivity index (χ3n) is 12.3. The number of fused-ring (bicyclic) bond motifs is 25. The van der Waals surface area contributed by atoms with Gasteiger partial charge < -0.3 is 0 Å². The van der Waals surface area contributed by atoms with Crippen molar-refractivity contribution >= 4 is 0 Å². The van der Waals surface area contributed by atoms with E-state index in [4.69, 9.17) is 0 Å². The molecule has 0 aromatic rings. The summed E-state index contributed by atoms with van der Waals surface area (Å²) >= 11 is 0. The third kappa shape index (κ3) is 1.14. The van der Waals surface area contributed by atoms with Crippen molar-refractivity contribution in [1.82, 2.24) is 0 Å². The van der Waals surface area contributed by atoms with Crippen LogP contribution in [0.2, 0.25) is 0 Å². The molecule has 130 valence electrons. The molecule has 9 aliphatic carbocycles. The van der Waals surface area contributed by atoms with E-state index in [-0.39, 0.29) is 0 Å². The smallest absolute Gasteiger partial charge is 0.0194 e. The maximum absolute atomic E-state index is 2.66. The van der Waals surface area contributed by atoms with Crippen LogP contribution in [0.4, 0.5) is 0 Å². The summed E-state index contributed by atoms with van der Waals surface area (Å²) in [6.07, 6.45) is 18.7. The van der Waals surface area contributed by atoms with Crippen LogP contribution in [0.25, 0.3) is 0 Å². The van der Waals surface area contributed by atoms with Gasteiger partial charge in [0.25, 0.3) is 0 Å². The Hall–Kier alpha value is -0.520. The number of rotatable bonds is 0. The topological polar surface area (TPSA) is 0 Å². The summed E-state index contributed by atoms with van der Waals surface area (Å²) in [5.41, 5.74) is 0. The highest BCUT2D eigenvalue weighted by Gasteiger charge is 2.74. The van der Waals surface area contributed by atoms with Gasteiger partial charge in [-0.15, -0.1) is 0 Å². The Morgan fingerprint density at radius 3 is 1.08 bits per heavy atom. The highest BCUT2D eigenvalue weighted by molar-refractivity contribution is 5.28. The summed E-state index contributed by atoms with van der Waals surface area (Å²) in [7, 11) is 0. The molecule has 0 radical (unpaired) electrons. The van der Waals surface area contributed by atoms with E-state index in [9.17, 15) is 0 Å². The summed E-state index contributed by atoms with van der Waals surface area (Å²) in [5.74, 6) is 18.1. The van der Waals surface area contributed by atoms with Gasteiger partial charge in [-0.25, -0.2) is 0 Å². The molecule has 7 fully saturated rings. The first-order valence-electron chi connectivity index (χ1n) is 11.7. The van der Waals surface area contributed by atoms with Gasteiger partial charge in [0.1, 0.15) is 0 Å². The molecule has 16 unspecified atom stereocenters. The van der Waals surface area contributed by atoms with Crippen LogP contribution in [0.5, 0.6) is 0 Å². The van der Waals surface area contributed by atoms with Gasteiger partial charge in [0, 0.05) is 0 Å². The highest BCUT2D eigenvalue weighted by Crippen LogP contribution is 2.80. The predicted molar refractivity (Wildman–Crippen MR) is 97.2 cm³/mol. The van der Waals surface area contributed by atoms with Gasteiger partial charge in [-0.05, 0) is 127 Å². The van der Waals surface area contributed by atoms with Gasteiger partial charge in [-0.2, -0.15) is 0 Å². The third-order valence-corrected chi connectivity index (χ3v) is 12.3. The summed E-state index contributed by atoms with van der Waals surface area (Å²) in [6.45, 7) is 0. The molecule has 16 atom stereocenters. The van der Waals surface area contributed by atoms with Gasteiger partial charge in [0.15, 0.2) is 0 Å². The maximum Gasteiger partial charge on any atom is -0.0194 e. The first-order valence-corrected chi connectivity index (χ1v) is 11.7. The fourth-order valence-corrected chi connectivity index (χ4v) is 12.5. The second kappa shape index (κ2) is 3.72. The van der Waals surface area contributed by atoms with Gasteiger partial charge in [0.2, 0.25) is 0 Å². The predicted octanol–water partition coefficient (Wildman–Crippen LogP) is 5.03. The van der Waals surface area contributed by atoms with E-state index in [1.165, 1.54) is 47.3 Å². The van der Waals surface area contributed by atoms with Crippen LogP contribution in [0.15, 0.2) is 24.3 Å². The molecule has 8 bridgehead atoms. The summed E-state index contributed by atoms with van der Waals surface area (Å²) < 4.78 is 0. The van der Waals surface area contributed by atoms with Gasteiger partial charge in [0.05, 0.1) is 0 Å². The van der Waals surface area contributed by atoms with Gasteiger partial charge in [-0.1, -0.05) is 24.3 Å². The van der Waals surface area contributed by atoms with E-state index in [2.05, 4.69) is 24.3 Å². The van der Waals surface area contributed by atoms with Gasteiger partial charge >= 0.3 is 0 Å². The molecule has 9 aliphatic rings. The van der Waals surface area contributed by atoms with Crippen LogP contribution in [-0.4, -0.2) is 0 Å². The molecule has 0 amide bonds. The van der Waals surface area contributed by atoms with Crippen LogP contribution in [0.3, 0.4) is 0 Å². The molecule has 0 spiro atoms. The first kappa shape index (κ1) is 12.8. The molecule has 0 aromatic heterocycles. The molecule has 0 heterocycles. The SMILES string of the molecule is C1=CC2CC1C1C3CC(C21)C1C3CC2C3CC(C4C5C=CC(C5)C34)C21. The highest BCUT2D eigenvalue weighted by atomic mass is 14.8. The van der Waals surface area contributed by atoms with Crippen LogP contribution in [-0.2, 0) is 0 Å². The van der Waals surface area contributed by atoms with Crippen molar-refractivity contribution in [2.45, 2.75) is 32.1 Å². The Morgan fingerprint density at radius 1 is 0.320 bits per heavy atom. The summed E-state index contributed by atoms with van der Waals surface area (Å²) in [5, 5.41) is 0. The van der Waals surface area contributed by atoms with Crippen LogP contribution < -0.4 is 0 Å². The molecule has 9 rings (SSSR count). The fourth-order valence-electron chi connectivity index (χ4n) is 12.5. The molecule has 0 saturated heterocycles. The lowest BCUT2D eigenvalue weighted by atomic mass is 9.60. The molecule has 25 heavy (non-hydrogen) atoms. The van der Waals surface area contributed by atoms with Crippen molar-refractivity contribution < 1.29 is 0 Å². The molecule has 0 nitrogen and oxygen atoms in total. The van der Waals surface area contributed by atoms with Crippen molar-refractivity contribution in [2.75, 3.05) is 0 Å². The Morgan fingerprint density at radius 2 is 0.640 bits per heavy atom. The molecule has 0 aliphatic heterocycles. The average Bonchev–Trinajstić information content (AvgIpc) is 3.48. The normalized spacial score (nSPS) is 76.5. The molecule has 0 heteroatoms. The standard InChI is InChI=1S/C25H30/c1-3-12-5-10(1)20-14-8-18(22(12)20)24-16(14)7-17-15-9-19(25(17)24)23-13-4-2-11(6-13)21(15)23/h1-4,10-25H,5-9H2. The lowest BCUT2D eigenvalue weighted by molar-refractivity contribution is 0.0385. The van der Waals surface area contributed by atoms with Crippen molar-refractivity contribution in [3.8, 4) is 0 Å². The Labute approximate surface area is 151 Å². The number of allylic oxidation sites excluding steroid dienone is 4. The van der Waals surface area contributed by atoms with Crippen molar-refractivity contribution in [2.24, 2.45) is 94.7 Å². The molecule has 0 aromatic carbocycles. The van der Waals surface area contributed by atoms with E-state index in [1.54, 1.807) is 32.1 Å². The van der Waals surface area contributed by atoms with E-state index >= 15 is 0 Å². The van der Waals surface area contributed by atoms with Crippen LogP contribution in [0.1, 0.15) is 32.1 Å². The van der Waals surface area contributed by atoms with Crippen LogP contribution in [0, 0.1) is 94.7 Å². The zero-order valence-corrected chi connectivity index (χ0v) is 15.1. The molecule has 7 saturated carbocycles. The van der Waals surface area contributed by atoms with E-state index in [0.717, 1.165) is 47.3 Å². The Balaban J connectivity index is 1.14. The second-order valence-electron chi connectivity index (χ2n) is 12.1. The van der Waals surface area contributed by atoms with Crippen molar-refractivity contribution in [3.63, 3.8) is 0 Å². The zero-order valence-electron chi connectivity index (χ0n) is 15.1. The second-order valence-corrected chi connectivity index (χ2v) is 12.1. The number of hydrogen-bond donors (Lipinski definition) is 0. The zero-order chi connectivity index (χ0) is 15.6. The van der Waals surface area contributed by atoms with E-state index in [0.29, 0.717) is 0 Å². The largest absolute Gasteiger partial charge is 0.0848 e. The lowest BCUT2D eigenvalue weighted by Crippen LogP contribution is -2.41. The van der Waals surface area contributed by atoms with Gasteiger partial charge in [-0.3, -0.25) is 0 Å². The molecule has 0 N–H and O–H groups in total. The van der Waals surface area contributed by atoms with Crippen LogP contribution >= 0.6 is 0 Å². The Kier molecular flexibility index (Phi) is 1.90. The summed E-state index contributed by atoms with van der Waals surface area (Å²) in [6, 6.07) is 0. The first-order chi connectivity index (χ1) is 12.4. The van der Waals surface area contributed by atoms with Crippen molar-refractivity contribution in [3.05, 3.63) is 24.3 Å². The minimum atomic E-state index is 1.02. The lowest BCUT2D eigenvalue weighted by Gasteiger charge is -2.44. The molecular formula is C25H30. The number of hydrogen-bond acceptors (Lipinski definition) is 0. The monoisotopic (exact) mass is 330 g/mol. The maximum atomic E-state index is 2.66. The van der Waals surface area contributed by atoms with E-state index in [1.807, 2.05) is 0 Å².